The van der Waals surface area contributed by atoms with E-state index in [0.717, 1.165) is 0 Å². The summed E-state index contributed by atoms with van der Waals surface area (Å²) >= 11 is 0. The molecule has 1 heteroatoms. The number of aliphatic hydroxyl groups is 1. The lowest BCUT2D eigenvalue weighted by molar-refractivity contribution is 0.0488. The smallest absolute Gasteiger partial charge is 0.0600 e. The number of terminal acetylenes is 1. The minimum absolute atomic E-state index is 0.0505. The highest BCUT2D eigenvalue weighted by Gasteiger charge is 2.22. The zero-order valence-corrected chi connectivity index (χ0v) is 7.89. The maximum Gasteiger partial charge on any atom is 0.0600 e. The van der Waals surface area contributed by atoms with Crippen LogP contribution >= 0.6 is 0 Å². The second kappa shape index (κ2) is 3.78. The van der Waals surface area contributed by atoms with Gasteiger partial charge in [0.25, 0.3) is 0 Å². The van der Waals surface area contributed by atoms with E-state index in [2.05, 4.69) is 5.92 Å². The maximum absolute atomic E-state index is 9.59. The summed E-state index contributed by atoms with van der Waals surface area (Å²) in [5.41, 5.74) is -0.0505. The second-order valence-corrected chi connectivity index (χ2v) is 4.19. The van der Waals surface area contributed by atoms with Gasteiger partial charge in [0.15, 0.2) is 0 Å². The summed E-state index contributed by atoms with van der Waals surface area (Å²) in [7, 11) is 0. The van der Waals surface area contributed by atoms with E-state index in [4.69, 9.17) is 6.42 Å². The third kappa shape index (κ3) is 4.06. The van der Waals surface area contributed by atoms with Crippen molar-refractivity contribution in [3.63, 3.8) is 0 Å². The third-order valence-electron chi connectivity index (χ3n) is 1.86. The number of aliphatic hydroxyl groups excluding tert-OH is 1. The van der Waals surface area contributed by atoms with Crippen LogP contribution in [0.3, 0.4) is 0 Å². The van der Waals surface area contributed by atoms with Gasteiger partial charge in [-0.1, -0.05) is 27.7 Å². The van der Waals surface area contributed by atoms with E-state index in [1.165, 1.54) is 0 Å². The highest BCUT2D eigenvalue weighted by molar-refractivity contribution is 4.92. The molecule has 0 rings (SSSR count). The van der Waals surface area contributed by atoms with Gasteiger partial charge in [-0.05, 0) is 11.8 Å². The first-order valence-corrected chi connectivity index (χ1v) is 4.02. The zero-order valence-electron chi connectivity index (χ0n) is 7.89. The van der Waals surface area contributed by atoms with Gasteiger partial charge >= 0.3 is 0 Å². The molecule has 0 aliphatic heterocycles. The van der Waals surface area contributed by atoms with Gasteiger partial charge in [-0.15, -0.1) is 12.3 Å². The first-order valence-electron chi connectivity index (χ1n) is 4.02. The zero-order chi connectivity index (χ0) is 9.07. The van der Waals surface area contributed by atoms with Crippen molar-refractivity contribution in [1.29, 1.82) is 0 Å². The first kappa shape index (κ1) is 10.5. The van der Waals surface area contributed by atoms with E-state index in [0.29, 0.717) is 6.42 Å². The highest BCUT2D eigenvalue weighted by atomic mass is 16.3. The Morgan fingerprint density at radius 3 is 2.18 bits per heavy atom. The molecule has 0 saturated carbocycles. The molecule has 1 N–H and O–H groups in total. The Morgan fingerprint density at radius 1 is 1.45 bits per heavy atom. The summed E-state index contributed by atoms with van der Waals surface area (Å²) in [6.45, 7) is 8.00. The van der Waals surface area contributed by atoms with Crippen LogP contribution in [0.15, 0.2) is 0 Å². The molecule has 0 aromatic rings. The predicted octanol–water partition coefficient (Wildman–Crippen LogP) is 2.05. The monoisotopic (exact) mass is 154 g/mol. The lowest BCUT2D eigenvalue weighted by Crippen LogP contribution is -2.27. The normalized spacial score (nSPS) is 17.1. The Balaban J connectivity index is 3.90. The number of hydrogen-bond acceptors (Lipinski definition) is 1. The maximum atomic E-state index is 9.59. The molecule has 0 amide bonds. The van der Waals surface area contributed by atoms with Crippen LogP contribution in [0.5, 0.6) is 0 Å². The van der Waals surface area contributed by atoms with E-state index < -0.39 is 0 Å². The van der Waals surface area contributed by atoms with Crippen molar-refractivity contribution in [3.8, 4) is 12.3 Å². The van der Waals surface area contributed by atoms with E-state index in [1.54, 1.807) is 0 Å². The van der Waals surface area contributed by atoms with Crippen molar-refractivity contribution in [2.45, 2.75) is 40.2 Å². The van der Waals surface area contributed by atoms with Crippen molar-refractivity contribution < 1.29 is 5.11 Å². The second-order valence-electron chi connectivity index (χ2n) is 4.19. The van der Waals surface area contributed by atoms with Crippen LogP contribution < -0.4 is 0 Å². The first-order chi connectivity index (χ1) is 4.88. The quantitative estimate of drug-likeness (QED) is 0.603. The Labute approximate surface area is 69.8 Å². The number of hydrogen-bond donors (Lipinski definition) is 1. The minimum atomic E-state index is -0.298. The van der Waals surface area contributed by atoms with E-state index in [1.807, 2.05) is 27.7 Å². The topological polar surface area (TPSA) is 20.2 Å². The molecular formula is C10H18O. The SMILES string of the molecule is C#C[C@H](C)C[C@@H](O)C(C)(C)C. The molecule has 0 saturated heterocycles. The van der Waals surface area contributed by atoms with E-state index in [9.17, 15) is 5.11 Å². The summed E-state index contributed by atoms with van der Waals surface area (Å²) in [5, 5.41) is 9.59. The van der Waals surface area contributed by atoms with Crippen LogP contribution in [0, 0.1) is 23.7 Å². The molecule has 0 radical (unpaired) electrons. The fourth-order valence-electron chi connectivity index (χ4n) is 0.756. The van der Waals surface area contributed by atoms with Crippen LogP contribution in [0.25, 0.3) is 0 Å². The molecule has 0 bridgehead atoms. The Hall–Kier alpha value is -0.480. The summed E-state index contributed by atoms with van der Waals surface area (Å²) in [6, 6.07) is 0. The van der Waals surface area contributed by atoms with Gasteiger partial charge in [-0.25, -0.2) is 0 Å². The van der Waals surface area contributed by atoms with Gasteiger partial charge in [-0.3, -0.25) is 0 Å². The minimum Gasteiger partial charge on any atom is -0.393 e. The van der Waals surface area contributed by atoms with E-state index >= 15 is 0 Å². The molecule has 0 spiro atoms. The highest BCUT2D eigenvalue weighted by Crippen LogP contribution is 2.23. The van der Waals surface area contributed by atoms with Gasteiger partial charge in [0.05, 0.1) is 6.10 Å². The van der Waals surface area contributed by atoms with Gasteiger partial charge in [0.2, 0.25) is 0 Å². The van der Waals surface area contributed by atoms with Gasteiger partial charge in [0.1, 0.15) is 0 Å². The summed E-state index contributed by atoms with van der Waals surface area (Å²) in [6.07, 6.45) is 5.60. The average Bonchev–Trinajstić information content (AvgIpc) is 1.85. The fraction of sp³-hybridized carbons (Fsp3) is 0.800. The van der Waals surface area contributed by atoms with Gasteiger partial charge < -0.3 is 5.11 Å². The van der Waals surface area contributed by atoms with E-state index in [-0.39, 0.29) is 17.4 Å². The van der Waals surface area contributed by atoms with Crippen LogP contribution in [-0.4, -0.2) is 11.2 Å². The molecule has 1 nitrogen and oxygen atoms in total. The predicted molar refractivity (Wildman–Crippen MR) is 48.1 cm³/mol. The molecule has 0 aromatic carbocycles. The summed E-state index contributed by atoms with van der Waals surface area (Å²) in [5.74, 6) is 2.78. The van der Waals surface area contributed by atoms with Crippen molar-refractivity contribution in [2.24, 2.45) is 11.3 Å². The molecule has 0 heterocycles. The average molecular weight is 154 g/mol. The standard InChI is InChI=1S/C10H18O/c1-6-8(2)7-9(11)10(3,4)5/h1,8-9,11H,7H2,2-5H3/t8-,9+/m0/s1. The van der Waals surface area contributed by atoms with Crippen LogP contribution in [0.1, 0.15) is 34.1 Å². The molecule has 64 valence electrons. The Bertz CT molecular complexity index is 147. The lowest BCUT2D eigenvalue weighted by atomic mass is 9.84. The van der Waals surface area contributed by atoms with Crippen molar-refractivity contribution in [2.75, 3.05) is 0 Å². The van der Waals surface area contributed by atoms with Crippen molar-refractivity contribution in [1.82, 2.24) is 0 Å². The van der Waals surface area contributed by atoms with Crippen molar-refractivity contribution in [3.05, 3.63) is 0 Å². The number of rotatable bonds is 2. The van der Waals surface area contributed by atoms with Crippen LogP contribution in [-0.2, 0) is 0 Å². The summed E-state index contributed by atoms with van der Waals surface area (Å²) in [4.78, 5) is 0. The van der Waals surface area contributed by atoms with Gasteiger partial charge in [0, 0.05) is 5.92 Å². The molecule has 11 heavy (non-hydrogen) atoms. The summed E-state index contributed by atoms with van der Waals surface area (Å²) < 4.78 is 0. The van der Waals surface area contributed by atoms with Crippen LogP contribution in [0.2, 0.25) is 0 Å². The Kier molecular flexibility index (Phi) is 3.62. The molecule has 0 aliphatic rings. The lowest BCUT2D eigenvalue weighted by Gasteiger charge is -2.26. The molecule has 0 unspecified atom stereocenters. The molecule has 2 atom stereocenters. The Morgan fingerprint density at radius 2 is 1.91 bits per heavy atom. The third-order valence-corrected chi connectivity index (χ3v) is 1.86. The van der Waals surface area contributed by atoms with Gasteiger partial charge in [-0.2, -0.15) is 0 Å². The largest absolute Gasteiger partial charge is 0.393 e. The molecular weight excluding hydrogens is 136 g/mol. The molecule has 0 aromatic heterocycles. The van der Waals surface area contributed by atoms with Crippen molar-refractivity contribution >= 4 is 0 Å². The molecule has 0 aliphatic carbocycles. The fourth-order valence-corrected chi connectivity index (χ4v) is 0.756. The van der Waals surface area contributed by atoms with Crippen LogP contribution in [0.4, 0.5) is 0 Å². The molecule has 0 fully saturated rings.